The SMILES string of the molecule is FC(F)(F)Cc1cccc([O][Zr]([O]c2cccc(CC(F)(F)F)c2)([CH]2C=CC=C2)[CH]2C=CC=C2)c1. The van der Waals surface area contributed by atoms with E-state index in [1.165, 1.54) is 36.4 Å². The van der Waals surface area contributed by atoms with E-state index in [9.17, 15) is 26.3 Å². The third-order valence-corrected chi connectivity index (χ3v) is 14.8. The monoisotopic (exact) mass is 570 g/mol. The molecule has 2 aliphatic rings. The van der Waals surface area contributed by atoms with Crippen molar-refractivity contribution in [2.24, 2.45) is 0 Å². The van der Waals surface area contributed by atoms with Crippen molar-refractivity contribution in [2.45, 2.75) is 32.4 Å². The minimum atomic E-state index is -4.50. The third-order valence-electron chi connectivity index (χ3n) is 5.59. The van der Waals surface area contributed by atoms with Crippen molar-refractivity contribution < 1.29 is 53.1 Å². The van der Waals surface area contributed by atoms with E-state index >= 15 is 0 Å². The molecule has 2 nitrogen and oxygen atoms in total. The van der Waals surface area contributed by atoms with Gasteiger partial charge in [0, 0.05) is 0 Å². The summed E-state index contributed by atoms with van der Waals surface area (Å²) in [7, 11) is 0. The summed E-state index contributed by atoms with van der Waals surface area (Å²) in [4.78, 5) is 0. The van der Waals surface area contributed by atoms with Gasteiger partial charge in [0.25, 0.3) is 0 Å². The fourth-order valence-electron chi connectivity index (χ4n) is 4.18. The average Bonchev–Trinajstić information content (AvgIpc) is 3.46. The summed E-state index contributed by atoms with van der Waals surface area (Å²) in [5.74, 6) is 0.493. The van der Waals surface area contributed by atoms with Gasteiger partial charge in [-0.05, 0) is 0 Å². The van der Waals surface area contributed by atoms with Crippen molar-refractivity contribution in [1.29, 1.82) is 0 Å². The predicted molar refractivity (Wildman–Crippen MR) is 118 cm³/mol. The van der Waals surface area contributed by atoms with Crippen LogP contribution in [0.3, 0.4) is 0 Å². The van der Waals surface area contributed by atoms with Gasteiger partial charge < -0.3 is 0 Å². The Kier molecular flexibility index (Phi) is 7.46. The first-order valence-electron chi connectivity index (χ1n) is 10.9. The molecule has 2 aromatic carbocycles. The normalized spacial score (nSPS) is 16.4. The maximum atomic E-state index is 13.0. The Hall–Kier alpha value is -2.54. The number of benzene rings is 2. The van der Waals surface area contributed by atoms with E-state index in [1.807, 2.05) is 48.6 Å². The van der Waals surface area contributed by atoms with Crippen molar-refractivity contribution in [1.82, 2.24) is 0 Å². The molecular formula is C26H22F6O2Zr. The third kappa shape index (κ3) is 6.78. The van der Waals surface area contributed by atoms with Crippen LogP contribution in [0, 0.1) is 0 Å². The second kappa shape index (κ2) is 10.2. The quantitative estimate of drug-likeness (QED) is 0.298. The molecule has 0 amide bonds. The van der Waals surface area contributed by atoms with Gasteiger partial charge in [0.1, 0.15) is 0 Å². The van der Waals surface area contributed by atoms with Gasteiger partial charge in [-0.1, -0.05) is 0 Å². The van der Waals surface area contributed by atoms with E-state index in [0.717, 1.165) is 0 Å². The first kappa shape index (κ1) is 25.6. The van der Waals surface area contributed by atoms with Crippen LogP contribution in [-0.2, 0) is 34.0 Å². The zero-order valence-corrected chi connectivity index (χ0v) is 20.8. The summed E-state index contributed by atoms with van der Waals surface area (Å²) < 4.78 is 90.5. The molecule has 0 aliphatic heterocycles. The number of hydrogen-bond donors (Lipinski definition) is 0. The molecule has 9 heteroatoms. The average molecular weight is 572 g/mol. The van der Waals surface area contributed by atoms with Crippen molar-refractivity contribution in [3.63, 3.8) is 0 Å². The summed E-state index contributed by atoms with van der Waals surface area (Å²) in [5.41, 5.74) is 0.106. The summed E-state index contributed by atoms with van der Waals surface area (Å²) in [5, 5.41) is 0. The molecule has 2 aliphatic carbocycles. The van der Waals surface area contributed by atoms with Crippen LogP contribution in [0.4, 0.5) is 26.3 Å². The number of rotatable bonds is 8. The van der Waals surface area contributed by atoms with Crippen LogP contribution in [-0.4, -0.2) is 12.4 Å². The van der Waals surface area contributed by atoms with Crippen LogP contribution in [0.15, 0.2) is 97.1 Å². The maximum absolute atomic E-state index is 13.0. The Morgan fingerprint density at radius 2 is 0.971 bits per heavy atom. The topological polar surface area (TPSA) is 18.5 Å². The summed E-state index contributed by atoms with van der Waals surface area (Å²) >= 11 is -4.50. The van der Waals surface area contributed by atoms with Gasteiger partial charge in [-0.15, -0.1) is 0 Å². The Morgan fingerprint density at radius 1 is 0.600 bits per heavy atom. The number of halogens is 6. The Morgan fingerprint density at radius 3 is 1.31 bits per heavy atom. The first-order chi connectivity index (χ1) is 16.5. The molecule has 0 bridgehead atoms. The minimum absolute atomic E-state index is 0.0531. The molecule has 0 saturated heterocycles. The van der Waals surface area contributed by atoms with Crippen molar-refractivity contribution in [2.75, 3.05) is 0 Å². The number of hydrogen-bond acceptors (Lipinski definition) is 2. The van der Waals surface area contributed by atoms with Gasteiger partial charge in [-0.3, -0.25) is 0 Å². The molecule has 184 valence electrons. The number of alkyl halides is 6. The van der Waals surface area contributed by atoms with E-state index < -0.39 is 46.3 Å². The van der Waals surface area contributed by atoms with Crippen molar-refractivity contribution in [3.8, 4) is 11.5 Å². The molecule has 0 atom stereocenters. The standard InChI is InChI=1S/2C8H7F3O.2C5H5.Zr/c2*9-8(10,11)5-6-2-1-3-7(12)4-6;2*1-2-4-5-3-1;/h2*1-4,12H,5H2;2*1-5H;/q;;;;+2/p-2. The molecule has 0 aromatic heterocycles. The molecule has 0 fully saturated rings. The predicted octanol–water partition coefficient (Wildman–Crippen LogP) is 8.17. The molecule has 0 saturated carbocycles. The molecule has 0 N–H and O–H groups in total. The van der Waals surface area contributed by atoms with E-state index in [-0.39, 0.29) is 29.9 Å². The van der Waals surface area contributed by atoms with Gasteiger partial charge in [0.2, 0.25) is 0 Å². The fourth-order valence-corrected chi connectivity index (χ4v) is 12.9. The molecule has 0 radical (unpaired) electrons. The Labute approximate surface area is 204 Å². The molecular weight excluding hydrogens is 549 g/mol. The van der Waals surface area contributed by atoms with Gasteiger partial charge in [-0.2, -0.15) is 0 Å². The summed E-state index contributed by atoms with van der Waals surface area (Å²) in [6.45, 7) is 0. The van der Waals surface area contributed by atoms with Gasteiger partial charge >= 0.3 is 205 Å². The van der Waals surface area contributed by atoms with Crippen molar-refractivity contribution >= 4 is 0 Å². The van der Waals surface area contributed by atoms with Crippen LogP contribution in [0.2, 0.25) is 7.25 Å². The number of allylic oxidation sites excluding steroid dienone is 8. The van der Waals surface area contributed by atoms with E-state index in [2.05, 4.69) is 0 Å². The zero-order chi connectivity index (χ0) is 25.1. The molecule has 0 unspecified atom stereocenters. The fraction of sp³-hybridized carbons (Fsp3) is 0.231. The van der Waals surface area contributed by atoms with Crippen molar-refractivity contribution in [3.05, 3.63) is 108 Å². The van der Waals surface area contributed by atoms with Gasteiger partial charge in [0.15, 0.2) is 0 Å². The second-order valence-corrected chi connectivity index (χ2v) is 16.2. The Balaban J connectivity index is 1.74. The van der Waals surface area contributed by atoms with Crippen LogP contribution < -0.4 is 5.63 Å². The van der Waals surface area contributed by atoms with Crippen LogP contribution >= 0.6 is 0 Å². The Bertz CT molecular complexity index is 1050. The van der Waals surface area contributed by atoms with E-state index in [0.29, 0.717) is 0 Å². The van der Waals surface area contributed by atoms with Crippen LogP contribution in [0.25, 0.3) is 0 Å². The molecule has 2 aromatic rings. The van der Waals surface area contributed by atoms with Crippen LogP contribution in [0.1, 0.15) is 11.1 Å². The second-order valence-electron chi connectivity index (χ2n) is 8.40. The summed E-state index contributed by atoms with van der Waals surface area (Å²) in [6.07, 6.45) is 4.06. The molecule has 4 rings (SSSR count). The van der Waals surface area contributed by atoms with Gasteiger partial charge in [-0.25, -0.2) is 0 Å². The molecule has 35 heavy (non-hydrogen) atoms. The van der Waals surface area contributed by atoms with Gasteiger partial charge in [0.05, 0.1) is 0 Å². The van der Waals surface area contributed by atoms with Crippen LogP contribution in [0.5, 0.6) is 11.5 Å². The first-order valence-corrected chi connectivity index (χ1v) is 15.8. The summed E-state index contributed by atoms with van der Waals surface area (Å²) in [6, 6.07) is 11.6. The van der Waals surface area contributed by atoms with E-state index in [4.69, 9.17) is 5.63 Å². The zero-order valence-electron chi connectivity index (χ0n) is 18.4. The van der Waals surface area contributed by atoms with E-state index in [1.54, 1.807) is 12.1 Å². The molecule has 0 spiro atoms. The molecule has 0 heterocycles.